The van der Waals surface area contributed by atoms with Crippen molar-refractivity contribution in [2.24, 2.45) is 11.5 Å². The van der Waals surface area contributed by atoms with E-state index in [1.165, 1.54) is 24.3 Å². The smallest absolute Gasteiger partial charge is 0.328 e. The molecule has 1 saturated heterocycles. The number of hydrogen-bond donors (Lipinski definition) is 7. The third-order valence-electron chi connectivity index (χ3n) is 5.51. The van der Waals surface area contributed by atoms with Crippen LogP contribution in [-0.4, -0.2) is 91.5 Å². The molecule has 2 rings (SSSR count). The Hall–Kier alpha value is -3.52. The summed E-state index contributed by atoms with van der Waals surface area (Å²) < 4.78 is 0. The molecule has 5 unspecified atom stereocenters. The third kappa shape index (κ3) is 7.25. The highest BCUT2D eigenvalue weighted by atomic mass is 16.4. The first-order valence-electron chi connectivity index (χ1n) is 10.8. The topological polar surface area (TPSA) is 234 Å². The number of carbonyl (C=O) groups excluding carboxylic acids is 4. The van der Waals surface area contributed by atoms with Gasteiger partial charge >= 0.3 is 5.97 Å². The quantitative estimate of drug-likeness (QED) is 0.161. The molecule has 1 fully saturated rings. The zero-order valence-electron chi connectivity index (χ0n) is 18.8. The van der Waals surface area contributed by atoms with Crippen LogP contribution in [0.4, 0.5) is 0 Å². The summed E-state index contributed by atoms with van der Waals surface area (Å²) in [7, 11) is 0. The Bertz CT molecular complexity index is 890. The van der Waals surface area contributed by atoms with Crippen LogP contribution in [0, 0.1) is 0 Å². The highest BCUT2D eigenvalue weighted by Crippen LogP contribution is 2.20. The van der Waals surface area contributed by atoms with E-state index in [0.29, 0.717) is 12.1 Å². The zero-order valence-corrected chi connectivity index (χ0v) is 18.8. The summed E-state index contributed by atoms with van der Waals surface area (Å²) in [5, 5.41) is 23.6. The standard InChI is InChI=1S/C20H31N7O7/c1-10(28)16(20(33)34)26-18(31)14-3-2-6-27(14)19(32)13(4-5-15(22)29)25-17(30)12(21)7-11-8-23-9-24-11/h8-10,12-14,16,28H,2-7,21H2,1H3,(H2,22,29)(H,23,24)(H,25,30)(H,26,31)(H,33,34). The van der Waals surface area contributed by atoms with Gasteiger partial charge in [-0.2, -0.15) is 0 Å². The molecule has 1 aromatic rings. The molecule has 9 N–H and O–H groups in total. The Labute approximate surface area is 195 Å². The lowest BCUT2D eigenvalue weighted by atomic mass is 10.1. The molecule has 1 aliphatic heterocycles. The van der Waals surface area contributed by atoms with Gasteiger partial charge in [0.15, 0.2) is 6.04 Å². The molecule has 188 valence electrons. The summed E-state index contributed by atoms with van der Waals surface area (Å²) >= 11 is 0. The number of rotatable bonds is 12. The number of likely N-dealkylation sites (tertiary alicyclic amines) is 1. The molecule has 2 heterocycles. The van der Waals surface area contributed by atoms with E-state index in [9.17, 15) is 34.2 Å². The Balaban J connectivity index is 2.12. The molecule has 0 aromatic carbocycles. The van der Waals surface area contributed by atoms with E-state index in [2.05, 4.69) is 20.6 Å². The van der Waals surface area contributed by atoms with E-state index in [0.717, 1.165) is 0 Å². The minimum Gasteiger partial charge on any atom is -0.480 e. The van der Waals surface area contributed by atoms with Crippen molar-refractivity contribution in [3.05, 3.63) is 18.2 Å². The summed E-state index contributed by atoms with van der Waals surface area (Å²) in [6, 6.07) is -4.73. The van der Waals surface area contributed by atoms with Crippen LogP contribution < -0.4 is 22.1 Å². The summed E-state index contributed by atoms with van der Waals surface area (Å²) in [5.41, 5.74) is 11.8. The minimum atomic E-state index is -1.55. The fraction of sp³-hybridized carbons (Fsp3) is 0.600. The monoisotopic (exact) mass is 481 g/mol. The number of aliphatic hydroxyl groups is 1. The normalized spacial score (nSPS) is 19.0. The van der Waals surface area contributed by atoms with Crippen molar-refractivity contribution >= 4 is 29.6 Å². The van der Waals surface area contributed by atoms with E-state index < -0.39 is 59.9 Å². The van der Waals surface area contributed by atoms with Crippen LogP contribution in [0.25, 0.3) is 0 Å². The van der Waals surface area contributed by atoms with Gasteiger partial charge in [-0.15, -0.1) is 0 Å². The number of amides is 4. The molecule has 14 heteroatoms. The lowest BCUT2D eigenvalue weighted by Gasteiger charge is -2.30. The molecule has 34 heavy (non-hydrogen) atoms. The number of hydrogen-bond acceptors (Lipinski definition) is 8. The van der Waals surface area contributed by atoms with E-state index in [1.54, 1.807) is 0 Å². The highest BCUT2D eigenvalue weighted by Gasteiger charge is 2.39. The van der Waals surface area contributed by atoms with Gasteiger partial charge in [0.2, 0.25) is 23.6 Å². The number of nitrogens with zero attached hydrogens (tertiary/aromatic N) is 2. The van der Waals surface area contributed by atoms with E-state index in [-0.39, 0.29) is 32.2 Å². The van der Waals surface area contributed by atoms with Gasteiger partial charge in [0.25, 0.3) is 0 Å². The SMILES string of the molecule is CC(O)C(NC(=O)C1CCCN1C(=O)C(CCC(N)=O)NC(=O)C(N)Cc1cnc[nH]1)C(=O)O. The van der Waals surface area contributed by atoms with Gasteiger partial charge in [-0.1, -0.05) is 0 Å². The fourth-order valence-corrected chi connectivity index (χ4v) is 3.69. The van der Waals surface area contributed by atoms with Gasteiger partial charge in [0.05, 0.1) is 18.5 Å². The minimum absolute atomic E-state index is 0.104. The molecule has 0 aliphatic carbocycles. The highest BCUT2D eigenvalue weighted by molar-refractivity contribution is 5.94. The molecule has 0 spiro atoms. The summed E-state index contributed by atoms with van der Waals surface area (Å²) in [6.45, 7) is 1.41. The zero-order chi connectivity index (χ0) is 25.4. The number of nitrogens with one attached hydrogen (secondary N) is 3. The number of aliphatic hydroxyl groups excluding tert-OH is 1. The van der Waals surface area contributed by atoms with Crippen molar-refractivity contribution in [3.8, 4) is 0 Å². The van der Waals surface area contributed by atoms with Crippen molar-refractivity contribution < 1.29 is 34.2 Å². The average molecular weight is 482 g/mol. The van der Waals surface area contributed by atoms with E-state index in [1.807, 2.05) is 0 Å². The molecule has 0 radical (unpaired) electrons. The van der Waals surface area contributed by atoms with Gasteiger partial charge < -0.3 is 42.2 Å². The van der Waals surface area contributed by atoms with Crippen LogP contribution in [0.5, 0.6) is 0 Å². The lowest BCUT2D eigenvalue weighted by Crippen LogP contribution is -2.58. The van der Waals surface area contributed by atoms with Gasteiger partial charge in [-0.05, 0) is 26.2 Å². The number of H-pyrrole nitrogens is 1. The average Bonchev–Trinajstić information content (AvgIpc) is 3.45. The van der Waals surface area contributed by atoms with Gasteiger partial charge in [-0.3, -0.25) is 19.2 Å². The number of aromatic nitrogens is 2. The molecule has 4 amide bonds. The number of nitrogens with two attached hydrogens (primary N) is 2. The van der Waals surface area contributed by atoms with E-state index >= 15 is 0 Å². The molecule has 14 nitrogen and oxygen atoms in total. The maximum absolute atomic E-state index is 13.3. The molecule has 1 aromatic heterocycles. The first-order chi connectivity index (χ1) is 16.0. The largest absolute Gasteiger partial charge is 0.480 e. The summed E-state index contributed by atoms with van der Waals surface area (Å²) in [4.78, 5) is 69.1. The lowest BCUT2D eigenvalue weighted by molar-refractivity contribution is -0.147. The van der Waals surface area contributed by atoms with Crippen LogP contribution in [0.2, 0.25) is 0 Å². The van der Waals surface area contributed by atoms with Crippen molar-refractivity contribution in [1.82, 2.24) is 25.5 Å². The number of aliphatic carboxylic acids is 1. The molecule has 0 bridgehead atoms. The number of primary amides is 1. The van der Waals surface area contributed by atoms with Crippen LogP contribution >= 0.6 is 0 Å². The Morgan fingerprint density at radius 3 is 2.56 bits per heavy atom. The predicted molar refractivity (Wildman–Crippen MR) is 117 cm³/mol. The van der Waals surface area contributed by atoms with Crippen molar-refractivity contribution in [3.63, 3.8) is 0 Å². The molecular formula is C20H31N7O7. The van der Waals surface area contributed by atoms with Crippen LogP contribution in [-0.2, 0) is 30.4 Å². The Morgan fingerprint density at radius 1 is 1.29 bits per heavy atom. The summed E-state index contributed by atoms with van der Waals surface area (Å²) in [5.74, 6) is -4.10. The Morgan fingerprint density at radius 2 is 2.00 bits per heavy atom. The second kappa shape index (κ2) is 12.1. The van der Waals surface area contributed by atoms with Crippen molar-refractivity contribution in [2.75, 3.05) is 6.54 Å². The van der Waals surface area contributed by atoms with Gasteiger partial charge in [-0.25, -0.2) is 9.78 Å². The molecular weight excluding hydrogens is 450 g/mol. The first-order valence-corrected chi connectivity index (χ1v) is 10.8. The molecule has 0 saturated carbocycles. The van der Waals surface area contributed by atoms with E-state index in [4.69, 9.17) is 11.5 Å². The maximum atomic E-state index is 13.3. The molecule has 1 aliphatic rings. The van der Waals surface area contributed by atoms with Crippen LogP contribution in [0.15, 0.2) is 12.5 Å². The number of carbonyl (C=O) groups is 5. The number of aromatic amines is 1. The van der Waals surface area contributed by atoms with Crippen molar-refractivity contribution in [1.29, 1.82) is 0 Å². The number of carboxylic acids is 1. The number of imidazole rings is 1. The summed E-state index contributed by atoms with van der Waals surface area (Å²) in [6.07, 6.45) is 2.15. The van der Waals surface area contributed by atoms with Crippen LogP contribution in [0.3, 0.4) is 0 Å². The van der Waals surface area contributed by atoms with Crippen LogP contribution in [0.1, 0.15) is 38.3 Å². The molecule has 5 atom stereocenters. The second-order valence-electron chi connectivity index (χ2n) is 8.21. The Kier molecular flexibility index (Phi) is 9.50. The first kappa shape index (κ1) is 26.7. The second-order valence-corrected chi connectivity index (χ2v) is 8.21. The van der Waals surface area contributed by atoms with Crippen molar-refractivity contribution in [2.45, 2.75) is 69.3 Å². The fourth-order valence-electron chi connectivity index (χ4n) is 3.69. The van der Waals surface area contributed by atoms with Gasteiger partial charge in [0.1, 0.15) is 12.1 Å². The maximum Gasteiger partial charge on any atom is 0.328 e. The van der Waals surface area contributed by atoms with Gasteiger partial charge in [0, 0.05) is 31.3 Å². The number of carboxylic acid groups (broad SMARTS) is 1. The third-order valence-corrected chi connectivity index (χ3v) is 5.51. The predicted octanol–water partition coefficient (Wildman–Crippen LogP) is -3.03.